The topological polar surface area (TPSA) is 37.3 Å². The van der Waals surface area contributed by atoms with Crippen LogP contribution < -0.4 is 0 Å². The SMILES string of the molecule is CC1(F)C=CC(c2ccccc2)=CC1CC(=O)O. The summed E-state index contributed by atoms with van der Waals surface area (Å²) in [5, 5.41) is 8.83. The van der Waals surface area contributed by atoms with Gasteiger partial charge in [0.2, 0.25) is 0 Å². The number of allylic oxidation sites excluding steroid dienone is 4. The van der Waals surface area contributed by atoms with E-state index in [4.69, 9.17) is 5.11 Å². The van der Waals surface area contributed by atoms with Crippen LogP contribution in [0.3, 0.4) is 0 Å². The number of halogens is 1. The molecule has 1 N–H and O–H groups in total. The number of rotatable bonds is 3. The van der Waals surface area contributed by atoms with Gasteiger partial charge < -0.3 is 5.11 Å². The molecule has 1 aliphatic carbocycles. The fraction of sp³-hybridized carbons (Fsp3) is 0.267. The number of hydrogen-bond donors (Lipinski definition) is 1. The van der Waals surface area contributed by atoms with Gasteiger partial charge in [0.15, 0.2) is 0 Å². The molecule has 2 atom stereocenters. The minimum atomic E-state index is -1.60. The van der Waals surface area contributed by atoms with Crippen LogP contribution >= 0.6 is 0 Å². The Kier molecular flexibility index (Phi) is 3.32. The molecule has 2 nitrogen and oxygen atoms in total. The minimum Gasteiger partial charge on any atom is -0.481 e. The highest BCUT2D eigenvalue weighted by Crippen LogP contribution is 2.35. The summed E-state index contributed by atoms with van der Waals surface area (Å²) in [5.41, 5.74) is 0.244. The van der Waals surface area contributed by atoms with Gasteiger partial charge in [-0.2, -0.15) is 0 Å². The molecular formula is C15H15FO2. The molecule has 0 aromatic heterocycles. The van der Waals surface area contributed by atoms with Gasteiger partial charge in [0.25, 0.3) is 0 Å². The van der Waals surface area contributed by atoms with Crippen molar-refractivity contribution in [2.24, 2.45) is 5.92 Å². The fourth-order valence-electron chi connectivity index (χ4n) is 2.08. The van der Waals surface area contributed by atoms with Crippen LogP contribution in [0.15, 0.2) is 48.6 Å². The van der Waals surface area contributed by atoms with Crippen LogP contribution in [0.4, 0.5) is 4.39 Å². The molecule has 0 radical (unpaired) electrons. The Morgan fingerprint density at radius 2 is 2.06 bits per heavy atom. The zero-order valence-electron chi connectivity index (χ0n) is 10.1. The zero-order valence-corrected chi connectivity index (χ0v) is 10.1. The summed E-state index contributed by atoms with van der Waals surface area (Å²) in [5.74, 6) is -1.61. The molecule has 0 spiro atoms. The second-order valence-electron chi connectivity index (χ2n) is 4.68. The van der Waals surface area contributed by atoms with Crippen molar-refractivity contribution in [2.45, 2.75) is 19.0 Å². The number of aliphatic carboxylic acids is 1. The monoisotopic (exact) mass is 246 g/mol. The lowest BCUT2D eigenvalue weighted by Gasteiger charge is -2.28. The lowest BCUT2D eigenvalue weighted by atomic mass is 9.81. The number of carbonyl (C=O) groups is 1. The van der Waals surface area contributed by atoms with Gasteiger partial charge >= 0.3 is 5.97 Å². The molecule has 18 heavy (non-hydrogen) atoms. The van der Waals surface area contributed by atoms with Gasteiger partial charge in [-0.15, -0.1) is 0 Å². The van der Waals surface area contributed by atoms with Crippen molar-refractivity contribution in [2.75, 3.05) is 0 Å². The number of carboxylic acid groups (broad SMARTS) is 1. The first-order valence-electron chi connectivity index (χ1n) is 5.86. The number of hydrogen-bond acceptors (Lipinski definition) is 1. The average Bonchev–Trinajstić information content (AvgIpc) is 2.32. The van der Waals surface area contributed by atoms with Gasteiger partial charge in [-0.05, 0) is 24.1 Å². The van der Waals surface area contributed by atoms with Crippen molar-refractivity contribution < 1.29 is 14.3 Å². The lowest BCUT2D eigenvalue weighted by molar-refractivity contribution is -0.138. The average molecular weight is 246 g/mol. The molecule has 2 rings (SSSR count). The van der Waals surface area contributed by atoms with E-state index in [0.717, 1.165) is 11.1 Å². The van der Waals surface area contributed by atoms with Crippen LogP contribution in [0.1, 0.15) is 18.9 Å². The van der Waals surface area contributed by atoms with Gasteiger partial charge in [-0.25, -0.2) is 4.39 Å². The summed E-state index contributed by atoms with van der Waals surface area (Å²) >= 11 is 0. The van der Waals surface area contributed by atoms with Gasteiger partial charge in [-0.3, -0.25) is 4.79 Å². The van der Waals surface area contributed by atoms with Crippen molar-refractivity contribution in [3.05, 3.63) is 54.1 Å². The zero-order chi connectivity index (χ0) is 13.2. The molecule has 3 heteroatoms. The Bertz CT molecular complexity index is 500. The maximum atomic E-state index is 14.2. The highest BCUT2D eigenvalue weighted by Gasteiger charge is 2.34. The Morgan fingerprint density at radius 1 is 1.39 bits per heavy atom. The van der Waals surface area contributed by atoms with Gasteiger partial charge in [-0.1, -0.05) is 42.5 Å². The highest BCUT2D eigenvalue weighted by molar-refractivity contribution is 5.77. The molecular weight excluding hydrogens is 231 g/mol. The third kappa shape index (κ3) is 2.67. The number of alkyl halides is 1. The molecule has 0 amide bonds. The van der Waals surface area contributed by atoms with E-state index in [1.54, 1.807) is 12.2 Å². The first-order valence-corrected chi connectivity index (χ1v) is 5.86. The van der Waals surface area contributed by atoms with E-state index in [0.29, 0.717) is 0 Å². The predicted octanol–water partition coefficient (Wildman–Crippen LogP) is 3.46. The summed E-state index contributed by atoms with van der Waals surface area (Å²) in [4.78, 5) is 10.8. The number of carboxylic acids is 1. The molecule has 94 valence electrons. The molecule has 0 fully saturated rings. The van der Waals surface area contributed by atoms with Crippen molar-refractivity contribution >= 4 is 11.5 Å². The lowest BCUT2D eigenvalue weighted by Crippen LogP contribution is -2.30. The van der Waals surface area contributed by atoms with Crippen LogP contribution in [-0.4, -0.2) is 16.7 Å². The minimum absolute atomic E-state index is 0.201. The van der Waals surface area contributed by atoms with Crippen LogP contribution in [0, 0.1) is 5.92 Å². The maximum Gasteiger partial charge on any atom is 0.304 e. The summed E-state index contributed by atoms with van der Waals surface area (Å²) in [7, 11) is 0. The smallest absolute Gasteiger partial charge is 0.304 e. The third-order valence-electron chi connectivity index (χ3n) is 3.20. The molecule has 1 aromatic rings. The molecule has 0 saturated carbocycles. The molecule has 0 aliphatic heterocycles. The van der Waals surface area contributed by atoms with Crippen molar-refractivity contribution in [1.29, 1.82) is 0 Å². The first-order chi connectivity index (χ1) is 8.49. The summed E-state index contributed by atoms with van der Waals surface area (Å²) < 4.78 is 14.2. The van der Waals surface area contributed by atoms with E-state index in [9.17, 15) is 9.18 Å². The quantitative estimate of drug-likeness (QED) is 0.886. The van der Waals surface area contributed by atoms with Gasteiger partial charge in [0, 0.05) is 5.92 Å². The van der Waals surface area contributed by atoms with Crippen LogP contribution in [-0.2, 0) is 4.79 Å². The third-order valence-corrected chi connectivity index (χ3v) is 3.20. The van der Waals surface area contributed by atoms with E-state index >= 15 is 0 Å². The van der Waals surface area contributed by atoms with Crippen LogP contribution in [0.2, 0.25) is 0 Å². The first kappa shape index (κ1) is 12.6. The Morgan fingerprint density at radius 3 is 2.67 bits per heavy atom. The van der Waals surface area contributed by atoms with Crippen LogP contribution in [0.25, 0.3) is 5.57 Å². The van der Waals surface area contributed by atoms with Crippen molar-refractivity contribution in [1.82, 2.24) is 0 Å². The standard InChI is InChI=1S/C15H15FO2/c1-15(16)8-7-12(9-13(15)10-14(17)18)11-5-3-2-4-6-11/h2-9,13H,10H2,1H3,(H,17,18). The van der Waals surface area contributed by atoms with Crippen molar-refractivity contribution in [3.63, 3.8) is 0 Å². The fourth-order valence-corrected chi connectivity index (χ4v) is 2.08. The maximum absolute atomic E-state index is 14.2. The summed E-state index contributed by atoms with van der Waals surface area (Å²) in [6, 6.07) is 9.56. The largest absolute Gasteiger partial charge is 0.481 e. The van der Waals surface area contributed by atoms with E-state index in [1.807, 2.05) is 30.3 Å². The predicted molar refractivity (Wildman–Crippen MR) is 68.8 cm³/mol. The second-order valence-corrected chi connectivity index (χ2v) is 4.68. The molecule has 0 bridgehead atoms. The van der Waals surface area contributed by atoms with E-state index in [2.05, 4.69) is 0 Å². The summed E-state index contributed by atoms with van der Waals surface area (Å²) in [6.07, 6.45) is 4.67. The molecule has 0 heterocycles. The number of benzene rings is 1. The normalized spacial score (nSPS) is 26.8. The van der Waals surface area contributed by atoms with E-state index < -0.39 is 17.6 Å². The molecule has 0 saturated heterocycles. The van der Waals surface area contributed by atoms with Crippen molar-refractivity contribution in [3.8, 4) is 0 Å². The molecule has 1 aromatic carbocycles. The Hall–Kier alpha value is -1.90. The van der Waals surface area contributed by atoms with Crippen LogP contribution in [0.5, 0.6) is 0 Å². The van der Waals surface area contributed by atoms with E-state index in [1.165, 1.54) is 13.0 Å². The molecule has 2 unspecified atom stereocenters. The summed E-state index contributed by atoms with van der Waals surface area (Å²) in [6.45, 7) is 1.41. The van der Waals surface area contributed by atoms with Gasteiger partial charge in [0.05, 0.1) is 6.42 Å². The second kappa shape index (κ2) is 4.77. The Balaban J connectivity index is 2.31. The van der Waals surface area contributed by atoms with E-state index in [-0.39, 0.29) is 6.42 Å². The van der Waals surface area contributed by atoms with Gasteiger partial charge in [0.1, 0.15) is 5.67 Å². The molecule has 1 aliphatic rings. The Labute approximate surface area is 105 Å². The highest BCUT2D eigenvalue weighted by atomic mass is 19.1.